The fourth-order valence-corrected chi connectivity index (χ4v) is 5.19. The summed E-state index contributed by atoms with van der Waals surface area (Å²) in [7, 11) is -6.55. The standard InChI is InChI=1S/C26H17F7N2O6S.CH3Cl/c1-11-8-12(25(37)35-6-4-34-5-7-35)2-3-13(11)18-14-9-16(27)21(36)19(29)22(14)40-23-15(18)10-17(28)24(20(23)30)41-42(38,39)26(31,32)33;1-2/h2-3,8-10,34H,4-7H2,1H3;1H3/p+1. The predicted molar refractivity (Wildman–Crippen MR) is 144 cm³/mol. The Kier molecular flexibility index (Phi) is 9.19. The Labute approximate surface area is 249 Å². The number of nitrogens with two attached hydrogens (primary N) is 1. The van der Waals surface area contributed by atoms with Crippen molar-refractivity contribution >= 4 is 38.6 Å². The molecule has 0 saturated carbocycles. The molecule has 1 amide bonds. The first-order valence-corrected chi connectivity index (χ1v) is 14.7. The van der Waals surface area contributed by atoms with Crippen LogP contribution >= 0.6 is 11.6 Å². The number of halogens is 8. The van der Waals surface area contributed by atoms with Crippen LogP contribution in [0.1, 0.15) is 15.9 Å². The Morgan fingerprint density at radius 3 is 2.20 bits per heavy atom. The Morgan fingerprint density at radius 1 is 0.977 bits per heavy atom. The maximum absolute atomic E-state index is 15.4. The molecule has 0 unspecified atom stereocenters. The molecule has 0 atom stereocenters. The number of quaternary nitrogens is 1. The van der Waals surface area contributed by atoms with Crippen molar-refractivity contribution in [1.29, 1.82) is 0 Å². The second-order valence-electron chi connectivity index (χ2n) is 9.40. The van der Waals surface area contributed by atoms with Gasteiger partial charge in [0.1, 0.15) is 0 Å². The number of nitrogens with zero attached hydrogens (tertiary/aromatic N) is 1. The molecule has 2 aromatic carbocycles. The molecule has 2 N–H and O–H groups in total. The highest BCUT2D eigenvalue weighted by atomic mass is 35.5. The second-order valence-corrected chi connectivity index (χ2v) is 10.9. The van der Waals surface area contributed by atoms with Crippen LogP contribution in [0, 0.1) is 30.2 Å². The van der Waals surface area contributed by atoms with E-state index in [4.69, 9.17) is 4.42 Å². The average Bonchev–Trinajstić information content (AvgIpc) is 2.98. The maximum atomic E-state index is 15.4. The maximum Gasteiger partial charge on any atom is 0.534 e. The van der Waals surface area contributed by atoms with Crippen molar-refractivity contribution in [3.05, 3.63) is 75.0 Å². The molecular formula is C27H21ClF7N2O6S+. The third kappa shape index (κ3) is 5.80. The average molecular weight is 670 g/mol. The highest BCUT2D eigenvalue weighted by Gasteiger charge is 2.49. The Bertz CT molecular complexity index is 1910. The van der Waals surface area contributed by atoms with Gasteiger partial charge >= 0.3 is 15.6 Å². The van der Waals surface area contributed by atoms with Gasteiger partial charge in [-0.1, -0.05) is 6.07 Å². The van der Waals surface area contributed by atoms with Gasteiger partial charge in [-0.2, -0.15) is 30.4 Å². The van der Waals surface area contributed by atoms with Crippen LogP contribution in [0.4, 0.5) is 30.7 Å². The summed E-state index contributed by atoms with van der Waals surface area (Å²) >= 11 is 4.64. The first-order valence-electron chi connectivity index (χ1n) is 12.5. The molecule has 0 radical (unpaired) electrons. The SMILES string of the molecule is CCl.Cc1cc(C(=O)N2CC[NH2+]CC2)ccc1-c1c2cc(F)c(=O)c(F)c-2oc2c(F)c(OS(=O)(=O)C(F)(F)F)c(F)cc12. The molecule has 0 spiro atoms. The summed E-state index contributed by atoms with van der Waals surface area (Å²) in [4.78, 5) is 26.6. The third-order valence-electron chi connectivity index (χ3n) is 6.72. The van der Waals surface area contributed by atoms with Gasteiger partial charge in [0.05, 0.1) is 26.2 Å². The number of fused-ring (bicyclic) bond motifs is 2. The minimum absolute atomic E-state index is 0.0529. The van der Waals surface area contributed by atoms with E-state index in [1.54, 1.807) is 4.90 Å². The molecule has 3 aliphatic rings. The quantitative estimate of drug-likeness (QED) is 0.112. The van der Waals surface area contributed by atoms with Crippen molar-refractivity contribution in [2.24, 2.45) is 0 Å². The van der Waals surface area contributed by atoms with E-state index in [1.165, 1.54) is 31.5 Å². The van der Waals surface area contributed by atoms with Crippen LogP contribution in [0.15, 0.2) is 39.5 Å². The Hall–Kier alpha value is -3.89. The van der Waals surface area contributed by atoms with E-state index in [9.17, 15) is 40.0 Å². The molecular weight excluding hydrogens is 649 g/mol. The Balaban J connectivity index is 0.00000216. The summed E-state index contributed by atoms with van der Waals surface area (Å²) in [5.41, 5.74) is -9.29. The number of benzene rings is 3. The van der Waals surface area contributed by atoms with E-state index in [2.05, 4.69) is 15.8 Å². The van der Waals surface area contributed by atoms with Crippen molar-refractivity contribution in [1.82, 2.24) is 4.90 Å². The van der Waals surface area contributed by atoms with Crippen LogP contribution in [-0.4, -0.2) is 57.3 Å². The van der Waals surface area contributed by atoms with Crippen LogP contribution in [0.5, 0.6) is 5.75 Å². The number of amides is 1. The number of hydrogen-bond donors (Lipinski definition) is 1. The Morgan fingerprint density at radius 2 is 1.61 bits per heavy atom. The summed E-state index contributed by atoms with van der Waals surface area (Å²) < 4.78 is 130. The lowest BCUT2D eigenvalue weighted by Crippen LogP contribution is -2.89. The topological polar surface area (TPSA) is 110 Å². The smallest absolute Gasteiger partial charge is 0.450 e. The number of carbonyl (C=O) groups is 1. The lowest BCUT2D eigenvalue weighted by molar-refractivity contribution is -0.661. The van der Waals surface area contributed by atoms with E-state index in [-0.39, 0.29) is 28.2 Å². The van der Waals surface area contributed by atoms with Gasteiger partial charge in [0, 0.05) is 28.5 Å². The van der Waals surface area contributed by atoms with Gasteiger partial charge in [-0.25, -0.2) is 8.78 Å². The van der Waals surface area contributed by atoms with E-state index in [0.717, 1.165) is 0 Å². The number of carbonyl (C=O) groups excluding carboxylic acids is 1. The summed E-state index contributed by atoms with van der Waals surface area (Å²) in [5.74, 6) is -10.8. The van der Waals surface area contributed by atoms with Crippen molar-refractivity contribution in [3.8, 4) is 28.2 Å². The number of piperazine rings is 1. The van der Waals surface area contributed by atoms with Gasteiger partial charge in [-0.05, 0) is 42.3 Å². The molecule has 2 aliphatic heterocycles. The molecule has 0 aromatic heterocycles. The molecule has 8 nitrogen and oxygen atoms in total. The molecule has 1 aliphatic carbocycles. The highest BCUT2D eigenvalue weighted by molar-refractivity contribution is 7.88. The molecule has 2 heterocycles. The van der Waals surface area contributed by atoms with Gasteiger partial charge in [0.2, 0.25) is 17.4 Å². The first-order chi connectivity index (χ1) is 20.6. The monoisotopic (exact) mass is 669 g/mol. The zero-order chi connectivity index (χ0) is 32.7. The normalized spacial score (nSPS) is 14.0. The second kappa shape index (κ2) is 12.2. The van der Waals surface area contributed by atoms with Crippen LogP contribution in [0.25, 0.3) is 33.4 Å². The first kappa shape index (κ1) is 33.0. The summed E-state index contributed by atoms with van der Waals surface area (Å²) in [6.07, 6.45) is 1.47. The predicted octanol–water partition coefficient (Wildman–Crippen LogP) is 4.53. The molecule has 44 heavy (non-hydrogen) atoms. The minimum Gasteiger partial charge on any atom is -0.450 e. The zero-order valence-corrected chi connectivity index (χ0v) is 24.2. The van der Waals surface area contributed by atoms with E-state index in [1.807, 2.05) is 5.32 Å². The largest absolute Gasteiger partial charge is 0.534 e. The van der Waals surface area contributed by atoms with Crippen LogP contribution < -0.4 is 14.9 Å². The van der Waals surface area contributed by atoms with Crippen LogP contribution in [0.2, 0.25) is 0 Å². The third-order valence-corrected chi connectivity index (χ3v) is 7.67. The van der Waals surface area contributed by atoms with E-state index >= 15 is 8.78 Å². The van der Waals surface area contributed by atoms with Crippen molar-refractivity contribution < 1.29 is 57.9 Å². The molecule has 236 valence electrons. The van der Waals surface area contributed by atoms with Gasteiger partial charge in [0.15, 0.2) is 23.0 Å². The van der Waals surface area contributed by atoms with E-state index < -0.39 is 72.4 Å². The number of aryl methyl sites for hydroxylation is 1. The van der Waals surface area contributed by atoms with Gasteiger partial charge in [0.25, 0.3) is 11.3 Å². The lowest BCUT2D eigenvalue weighted by atomic mass is 9.89. The van der Waals surface area contributed by atoms with E-state index in [0.29, 0.717) is 38.3 Å². The number of hydrogen-bond acceptors (Lipinski definition) is 6. The van der Waals surface area contributed by atoms with Crippen LogP contribution in [0.3, 0.4) is 0 Å². The van der Waals surface area contributed by atoms with Crippen LogP contribution in [-0.2, 0) is 10.1 Å². The lowest BCUT2D eigenvalue weighted by Gasteiger charge is -2.25. The van der Waals surface area contributed by atoms with Gasteiger partial charge in [-0.3, -0.25) is 9.59 Å². The molecule has 0 bridgehead atoms. The molecule has 1 fully saturated rings. The summed E-state index contributed by atoms with van der Waals surface area (Å²) in [6, 6.07) is 5.02. The van der Waals surface area contributed by atoms with Crippen molar-refractivity contribution in [3.63, 3.8) is 0 Å². The summed E-state index contributed by atoms with van der Waals surface area (Å²) in [6.45, 7) is 3.84. The zero-order valence-electron chi connectivity index (χ0n) is 22.6. The number of rotatable bonds is 4. The molecule has 17 heteroatoms. The van der Waals surface area contributed by atoms with Crippen molar-refractivity contribution in [2.45, 2.75) is 12.4 Å². The fourth-order valence-electron chi connectivity index (χ4n) is 4.72. The molecule has 5 rings (SSSR count). The van der Waals surface area contributed by atoms with Gasteiger partial charge in [-0.15, -0.1) is 11.6 Å². The highest BCUT2D eigenvalue weighted by Crippen LogP contribution is 2.45. The molecule has 2 aromatic rings. The number of alkyl halides is 4. The minimum atomic E-state index is -6.55. The van der Waals surface area contributed by atoms with Gasteiger partial charge < -0.3 is 18.8 Å². The fraction of sp³-hybridized carbons (Fsp3) is 0.259. The molecule has 1 saturated heterocycles. The summed E-state index contributed by atoms with van der Waals surface area (Å²) in [5, 5.41) is 1.44. The van der Waals surface area contributed by atoms with Crippen molar-refractivity contribution in [2.75, 3.05) is 32.6 Å².